The van der Waals surface area contributed by atoms with E-state index in [2.05, 4.69) is 5.32 Å². The number of quaternary nitrogens is 1. The molecule has 1 fully saturated rings. The predicted molar refractivity (Wildman–Crippen MR) is 95.8 cm³/mol. The van der Waals surface area contributed by atoms with E-state index in [1.165, 1.54) is 40.7 Å². The van der Waals surface area contributed by atoms with E-state index in [0.717, 1.165) is 11.0 Å². The molecule has 144 valence electrons. The highest BCUT2D eigenvalue weighted by atomic mass is 32.2. The number of nitrogens with one attached hydrogen (secondary N) is 2. The minimum absolute atomic E-state index is 0.0991. The summed E-state index contributed by atoms with van der Waals surface area (Å²) in [7, 11) is -3.90. The Balaban J connectivity index is 1.57. The monoisotopic (exact) mass is 396 g/mol. The van der Waals surface area contributed by atoms with Crippen LogP contribution in [0.1, 0.15) is 0 Å². The number of rotatable bonds is 5. The van der Waals surface area contributed by atoms with Crippen LogP contribution >= 0.6 is 0 Å². The van der Waals surface area contributed by atoms with Crippen LogP contribution in [0.15, 0.2) is 53.4 Å². The molecule has 6 nitrogen and oxygen atoms in total. The first kappa shape index (κ1) is 19.4. The van der Waals surface area contributed by atoms with E-state index in [-0.39, 0.29) is 36.1 Å². The van der Waals surface area contributed by atoms with Gasteiger partial charge in [0, 0.05) is 0 Å². The zero-order valence-electron chi connectivity index (χ0n) is 14.5. The Morgan fingerprint density at radius 2 is 1.59 bits per heavy atom. The van der Waals surface area contributed by atoms with Crippen molar-refractivity contribution in [1.29, 1.82) is 0 Å². The first-order valence-corrected chi connectivity index (χ1v) is 9.94. The number of carbonyl (C=O) groups excluding carboxylic acids is 1. The first-order chi connectivity index (χ1) is 12.9. The number of piperazine rings is 1. The Morgan fingerprint density at radius 1 is 1.00 bits per heavy atom. The largest absolute Gasteiger partial charge is 0.325 e. The third kappa shape index (κ3) is 4.49. The van der Waals surface area contributed by atoms with Crippen LogP contribution in [-0.2, 0) is 14.8 Å². The number of nitrogens with zero attached hydrogens (tertiary/aromatic N) is 1. The minimum atomic E-state index is -3.90. The summed E-state index contributed by atoms with van der Waals surface area (Å²) in [4.78, 5) is 12.6. The van der Waals surface area contributed by atoms with Crippen LogP contribution in [-0.4, -0.2) is 51.4 Å². The lowest BCUT2D eigenvalue weighted by atomic mass is 10.3. The van der Waals surface area contributed by atoms with Crippen molar-refractivity contribution in [2.24, 2.45) is 0 Å². The smallest absolute Gasteiger partial charge is 0.279 e. The number of sulfonamides is 1. The van der Waals surface area contributed by atoms with Gasteiger partial charge in [-0.15, -0.1) is 0 Å². The number of carbonyl (C=O) groups is 1. The lowest BCUT2D eigenvalue weighted by molar-refractivity contribution is -0.895. The molecule has 1 aliphatic rings. The molecule has 0 bridgehead atoms. The van der Waals surface area contributed by atoms with Crippen molar-refractivity contribution >= 4 is 21.6 Å². The second kappa shape index (κ2) is 8.12. The molecule has 2 aromatic carbocycles. The summed E-state index contributed by atoms with van der Waals surface area (Å²) >= 11 is 0. The molecule has 0 unspecified atom stereocenters. The molecule has 2 N–H and O–H groups in total. The normalized spacial score (nSPS) is 16.2. The number of para-hydroxylation sites is 1. The molecular weight excluding hydrogens is 376 g/mol. The molecule has 1 heterocycles. The number of halogens is 2. The van der Waals surface area contributed by atoms with Crippen LogP contribution in [0, 0.1) is 11.6 Å². The molecule has 0 atom stereocenters. The summed E-state index contributed by atoms with van der Waals surface area (Å²) in [5.74, 6) is -1.64. The molecule has 9 heteroatoms. The van der Waals surface area contributed by atoms with Gasteiger partial charge >= 0.3 is 0 Å². The van der Waals surface area contributed by atoms with Gasteiger partial charge < -0.3 is 10.2 Å². The maximum Gasteiger partial charge on any atom is 0.279 e. The van der Waals surface area contributed by atoms with Gasteiger partial charge in [-0.05, 0) is 24.3 Å². The summed E-state index contributed by atoms with van der Waals surface area (Å²) in [5.41, 5.74) is 0.114. The summed E-state index contributed by atoms with van der Waals surface area (Å²) in [5, 5.41) is 2.52. The van der Waals surface area contributed by atoms with Crippen LogP contribution in [0.5, 0.6) is 0 Å². The molecule has 2 aromatic rings. The summed E-state index contributed by atoms with van der Waals surface area (Å²) < 4.78 is 53.8. The zero-order valence-corrected chi connectivity index (χ0v) is 15.3. The number of hydrogen-bond donors (Lipinski definition) is 2. The van der Waals surface area contributed by atoms with Crippen molar-refractivity contribution < 1.29 is 26.9 Å². The average molecular weight is 396 g/mol. The van der Waals surface area contributed by atoms with E-state index in [1.54, 1.807) is 6.07 Å². The lowest BCUT2D eigenvalue weighted by Crippen LogP contribution is -3.15. The zero-order chi connectivity index (χ0) is 19.4. The highest BCUT2D eigenvalue weighted by Gasteiger charge is 2.32. The van der Waals surface area contributed by atoms with Crippen molar-refractivity contribution in [3.05, 3.63) is 60.2 Å². The van der Waals surface area contributed by atoms with Crippen molar-refractivity contribution in [2.45, 2.75) is 4.90 Å². The lowest BCUT2D eigenvalue weighted by Gasteiger charge is -2.31. The molecule has 0 aliphatic carbocycles. The van der Waals surface area contributed by atoms with Gasteiger partial charge in [0.25, 0.3) is 5.91 Å². The Labute approximate surface area is 156 Å². The summed E-state index contributed by atoms with van der Waals surface area (Å²) in [6, 6.07) is 11.2. The highest BCUT2D eigenvalue weighted by Crippen LogP contribution is 2.18. The molecule has 1 saturated heterocycles. The Kier molecular flexibility index (Phi) is 5.83. The number of hydrogen-bond acceptors (Lipinski definition) is 3. The van der Waals surface area contributed by atoms with Gasteiger partial charge in [-0.2, -0.15) is 4.31 Å². The summed E-state index contributed by atoms with van der Waals surface area (Å²) in [6.07, 6.45) is 0. The molecule has 1 aliphatic heterocycles. The molecule has 0 radical (unpaired) electrons. The fourth-order valence-electron chi connectivity index (χ4n) is 3.00. The van der Waals surface area contributed by atoms with Gasteiger partial charge in [-0.25, -0.2) is 17.2 Å². The van der Waals surface area contributed by atoms with Gasteiger partial charge in [0.2, 0.25) is 10.0 Å². The van der Waals surface area contributed by atoms with Gasteiger partial charge in [0.05, 0.1) is 31.9 Å². The summed E-state index contributed by atoms with van der Waals surface area (Å²) in [6.45, 7) is 1.26. The third-order valence-electron chi connectivity index (χ3n) is 4.44. The molecule has 27 heavy (non-hydrogen) atoms. The van der Waals surface area contributed by atoms with Gasteiger partial charge in [-0.1, -0.05) is 24.3 Å². The Hall–Kier alpha value is -2.36. The first-order valence-electron chi connectivity index (χ1n) is 8.50. The third-order valence-corrected chi connectivity index (χ3v) is 6.37. The maximum absolute atomic E-state index is 13.8. The van der Waals surface area contributed by atoms with E-state index < -0.39 is 21.7 Å². The standard InChI is InChI=1S/C18H19F2N3O3S/c19-14-5-1-3-7-16(14)21-18(24)13-22-9-11-23(12-10-22)27(25,26)17-8-4-2-6-15(17)20/h1-8H,9-13H2,(H,21,24)/p+1. The highest BCUT2D eigenvalue weighted by molar-refractivity contribution is 7.89. The number of amides is 1. The topological polar surface area (TPSA) is 70.9 Å². The quantitative estimate of drug-likeness (QED) is 0.773. The second-order valence-electron chi connectivity index (χ2n) is 6.29. The van der Waals surface area contributed by atoms with Gasteiger partial charge in [-0.3, -0.25) is 4.79 Å². The molecule has 0 spiro atoms. The Bertz CT molecular complexity index is 929. The predicted octanol–water partition coefficient (Wildman–Crippen LogP) is 0.493. The van der Waals surface area contributed by atoms with E-state index in [4.69, 9.17) is 0 Å². The maximum atomic E-state index is 13.8. The second-order valence-corrected chi connectivity index (χ2v) is 8.20. The van der Waals surface area contributed by atoms with E-state index >= 15 is 0 Å². The molecule has 1 amide bonds. The number of benzene rings is 2. The molecule has 3 rings (SSSR count). The fourth-order valence-corrected chi connectivity index (χ4v) is 4.50. The van der Waals surface area contributed by atoms with Gasteiger partial charge in [0.15, 0.2) is 6.54 Å². The van der Waals surface area contributed by atoms with Gasteiger partial charge in [0.1, 0.15) is 16.5 Å². The molecular formula is C18H20F2N3O3S+. The van der Waals surface area contributed by atoms with Crippen molar-refractivity contribution in [3.63, 3.8) is 0 Å². The molecule has 0 aromatic heterocycles. The van der Waals surface area contributed by atoms with Crippen molar-refractivity contribution in [1.82, 2.24) is 4.31 Å². The van der Waals surface area contributed by atoms with E-state index in [9.17, 15) is 22.0 Å². The average Bonchev–Trinajstić information content (AvgIpc) is 2.64. The fraction of sp³-hybridized carbons (Fsp3) is 0.278. The van der Waals surface area contributed by atoms with E-state index in [0.29, 0.717) is 13.1 Å². The molecule has 0 saturated carbocycles. The van der Waals surface area contributed by atoms with Crippen molar-refractivity contribution in [3.8, 4) is 0 Å². The van der Waals surface area contributed by atoms with Crippen molar-refractivity contribution in [2.75, 3.05) is 38.0 Å². The van der Waals surface area contributed by atoms with Crippen LogP contribution in [0.4, 0.5) is 14.5 Å². The Morgan fingerprint density at radius 3 is 2.22 bits per heavy atom. The van der Waals surface area contributed by atoms with Crippen LogP contribution < -0.4 is 10.2 Å². The van der Waals surface area contributed by atoms with E-state index in [1.807, 2.05) is 0 Å². The van der Waals surface area contributed by atoms with Crippen LogP contribution in [0.2, 0.25) is 0 Å². The number of anilines is 1. The van der Waals surface area contributed by atoms with Crippen LogP contribution in [0.3, 0.4) is 0 Å². The minimum Gasteiger partial charge on any atom is -0.325 e. The SMILES string of the molecule is O=C(C[NH+]1CCN(S(=O)(=O)c2ccccc2F)CC1)Nc1ccccc1F. The van der Waals surface area contributed by atoms with Crippen LogP contribution in [0.25, 0.3) is 0 Å².